The molecule has 1 unspecified atom stereocenters. The zero-order valence-electron chi connectivity index (χ0n) is 12.8. The number of piperidine rings is 1. The molecule has 3 N–H and O–H groups in total. The van der Waals surface area contributed by atoms with Crippen LogP contribution >= 0.6 is 11.6 Å². The van der Waals surface area contributed by atoms with Crippen LogP contribution in [0.25, 0.3) is 0 Å². The highest BCUT2D eigenvalue weighted by atomic mass is 35.5. The number of nitrogens with two attached hydrogens (primary N) is 1. The van der Waals surface area contributed by atoms with Crippen LogP contribution in [-0.4, -0.2) is 36.0 Å². The number of rotatable bonds is 5. The molecular weight excluding hydrogens is 305 g/mol. The van der Waals surface area contributed by atoms with E-state index in [9.17, 15) is 9.18 Å². The van der Waals surface area contributed by atoms with Gasteiger partial charge in [0.2, 0.25) is 5.91 Å². The van der Waals surface area contributed by atoms with Crippen molar-refractivity contribution in [2.45, 2.75) is 44.8 Å². The van der Waals surface area contributed by atoms with Crippen molar-refractivity contribution in [3.8, 4) is 0 Å². The van der Waals surface area contributed by atoms with Crippen LogP contribution in [0.4, 0.5) is 4.39 Å². The van der Waals surface area contributed by atoms with E-state index in [4.69, 9.17) is 17.3 Å². The van der Waals surface area contributed by atoms with Crippen LogP contribution in [0.15, 0.2) is 18.2 Å². The van der Waals surface area contributed by atoms with Gasteiger partial charge in [-0.3, -0.25) is 9.69 Å². The summed E-state index contributed by atoms with van der Waals surface area (Å²) in [4.78, 5) is 14.1. The molecule has 0 spiro atoms. The van der Waals surface area contributed by atoms with Gasteiger partial charge in [0.25, 0.3) is 0 Å². The predicted molar refractivity (Wildman–Crippen MR) is 86.1 cm³/mol. The van der Waals surface area contributed by atoms with E-state index in [1.165, 1.54) is 12.1 Å². The van der Waals surface area contributed by atoms with Crippen molar-refractivity contribution in [2.75, 3.05) is 13.1 Å². The standard InChI is InChI=1S/C16H23ClFN3O/c1-2-15(19)16(22)20-13-4-3-7-21(10-13)9-11-5-6-12(18)8-14(11)17/h5-6,8,13,15H,2-4,7,9-10,19H2,1H3,(H,20,22)/t13?,15-/m0/s1. The van der Waals surface area contributed by atoms with Gasteiger partial charge in [-0.15, -0.1) is 0 Å². The third kappa shape index (κ3) is 4.66. The van der Waals surface area contributed by atoms with Crippen molar-refractivity contribution in [2.24, 2.45) is 5.73 Å². The van der Waals surface area contributed by atoms with Crippen LogP contribution in [0.2, 0.25) is 5.02 Å². The zero-order chi connectivity index (χ0) is 16.1. The molecule has 1 heterocycles. The lowest BCUT2D eigenvalue weighted by atomic mass is 10.0. The first kappa shape index (κ1) is 17.2. The molecule has 122 valence electrons. The highest BCUT2D eigenvalue weighted by Gasteiger charge is 2.23. The van der Waals surface area contributed by atoms with E-state index in [2.05, 4.69) is 10.2 Å². The fourth-order valence-electron chi connectivity index (χ4n) is 2.70. The van der Waals surface area contributed by atoms with Gasteiger partial charge in [0.15, 0.2) is 0 Å². The number of hydrogen-bond acceptors (Lipinski definition) is 3. The van der Waals surface area contributed by atoms with Gasteiger partial charge in [-0.2, -0.15) is 0 Å². The van der Waals surface area contributed by atoms with E-state index >= 15 is 0 Å². The Morgan fingerprint density at radius 2 is 2.36 bits per heavy atom. The van der Waals surface area contributed by atoms with Crippen molar-refractivity contribution in [3.05, 3.63) is 34.6 Å². The fourth-order valence-corrected chi connectivity index (χ4v) is 2.93. The molecule has 1 aliphatic heterocycles. The van der Waals surface area contributed by atoms with Crippen molar-refractivity contribution in [1.82, 2.24) is 10.2 Å². The Morgan fingerprint density at radius 3 is 3.05 bits per heavy atom. The molecule has 4 nitrogen and oxygen atoms in total. The molecule has 2 rings (SSSR count). The third-order valence-corrected chi connectivity index (χ3v) is 4.39. The summed E-state index contributed by atoms with van der Waals surface area (Å²) >= 11 is 6.08. The number of carbonyl (C=O) groups excluding carboxylic acids is 1. The molecule has 2 atom stereocenters. The SMILES string of the molecule is CC[C@H](N)C(=O)NC1CCCN(Cc2ccc(F)cc2Cl)C1. The van der Waals surface area contributed by atoms with Crippen LogP contribution in [0.5, 0.6) is 0 Å². The molecule has 1 aliphatic rings. The average Bonchev–Trinajstić information content (AvgIpc) is 2.49. The summed E-state index contributed by atoms with van der Waals surface area (Å²) in [5, 5.41) is 3.45. The lowest BCUT2D eigenvalue weighted by Crippen LogP contribution is -2.51. The number of likely N-dealkylation sites (tertiary alicyclic amines) is 1. The number of hydrogen-bond donors (Lipinski definition) is 2. The average molecular weight is 328 g/mol. The van der Waals surface area contributed by atoms with Crippen LogP contribution < -0.4 is 11.1 Å². The summed E-state index contributed by atoms with van der Waals surface area (Å²) in [6.45, 7) is 4.26. The highest BCUT2D eigenvalue weighted by Crippen LogP contribution is 2.21. The lowest BCUT2D eigenvalue weighted by molar-refractivity contribution is -0.123. The van der Waals surface area contributed by atoms with Gasteiger partial charge in [-0.25, -0.2) is 4.39 Å². The fraction of sp³-hybridized carbons (Fsp3) is 0.562. The van der Waals surface area contributed by atoms with Gasteiger partial charge >= 0.3 is 0 Å². The van der Waals surface area contributed by atoms with E-state index < -0.39 is 6.04 Å². The zero-order valence-corrected chi connectivity index (χ0v) is 13.6. The molecule has 22 heavy (non-hydrogen) atoms. The first-order valence-electron chi connectivity index (χ1n) is 7.71. The van der Waals surface area contributed by atoms with Crippen LogP contribution in [0.3, 0.4) is 0 Å². The normalized spacial score (nSPS) is 20.6. The predicted octanol–water partition coefficient (Wildman–Crippen LogP) is 2.30. The molecule has 6 heteroatoms. The minimum Gasteiger partial charge on any atom is -0.351 e. The van der Waals surface area contributed by atoms with Crippen molar-refractivity contribution in [1.29, 1.82) is 0 Å². The van der Waals surface area contributed by atoms with Crippen LogP contribution in [0.1, 0.15) is 31.7 Å². The van der Waals surface area contributed by atoms with Gasteiger partial charge < -0.3 is 11.1 Å². The molecule has 1 aromatic carbocycles. The number of nitrogens with zero attached hydrogens (tertiary/aromatic N) is 1. The second kappa shape index (κ2) is 7.90. The van der Waals surface area contributed by atoms with Crippen molar-refractivity contribution >= 4 is 17.5 Å². The highest BCUT2D eigenvalue weighted by molar-refractivity contribution is 6.31. The van der Waals surface area contributed by atoms with Gasteiger partial charge in [0.05, 0.1) is 6.04 Å². The summed E-state index contributed by atoms with van der Waals surface area (Å²) in [7, 11) is 0. The van der Waals surface area contributed by atoms with Gasteiger partial charge in [0, 0.05) is 24.2 Å². The quantitative estimate of drug-likeness (QED) is 0.872. The summed E-state index contributed by atoms with van der Waals surface area (Å²) in [6, 6.07) is 4.14. The molecule has 0 aliphatic carbocycles. The topological polar surface area (TPSA) is 58.4 Å². The second-order valence-corrected chi connectivity index (χ2v) is 6.24. The molecule has 1 amide bonds. The Balaban J connectivity index is 1.91. The number of halogens is 2. The first-order valence-corrected chi connectivity index (χ1v) is 8.09. The molecule has 1 fully saturated rings. The smallest absolute Gasteiger partial charge is 0.237 e. The molecule has 0 saturated carbocycles. The number of amides is 1. The van der Waals surface area contributed by atoms with Crippen molar-refractivity contribution < 1.29 is 9.18 Å². The van der Waals surface area contributed by atoms with Gasteiger partial charge in [-0.05, 0) is 43.5 Å². The van der Waals surface area contributed by atoms with E-state index in [1.807, 2.05) is 6.92 Å². The summed E-state index contributed by atoms with van der Waals surface area (Å²) in [6.07, 6.45) is 2.59. The Kier molecular flexibility index (Phi) is 6.17. The minimum atomic E-state index is -0.443. The monoisotopic (exact) mass is 327 g/mol. The summed E-state index contributed by atoms with van der Waals surface area (Å²) in [5.74, 6) is -0.416. The molecule has 1 aromatic rings. The minimum absolute atomic E-state index is 0.0887. The third-order valence-electron chi connectivity index (χ3n) is 4.04. The number of nitrogens with one attached hydrogen (secondary N) is 1. The molecule has 0 bridgehead atoms. The van der Waals surface area contributed by atoms with Crippen LogP contribution in [-0.2, 0) is 11.3 Å². The van der Waals surface area contributed by atoms with E-state index in [-0.39, 0.29) is 17.8 Å². The van der Waals surface area contributed by atoms with Gasteiger partial charge in [-0.1, -0.05) is 24.6 Å². The van der Waals surface area contributed by atoms with Gasteiger partial charge in [0.1, 0.15) is 5.82 Å². The number of benzene rings is 1. The van der Waals surface area contributed by atoms with E-state index in [0.717, 1.165) is 31.5 Å². The largest absolute Gasteiger partial charge is 0.351 e. The summed E-state index contributed by atoms with van der Waals surface area (Å²) < 4.78 is 13.1. The lowest BCUT2D eigenvalue weighted by Gasteiger charge is -2.33. The maximum Gasteiger partial charge on any atom is 0.237 e. The Hall–Kier alpha value is -1.17. The molecule has 1 saturated heterocycles. The Labute approximate surface area is 135 Å². The second-order valence-electron chi connectivity index (χ2n) is 5.83. The van der Waals surface area contributed by atoms with Crippen molar-refractivity contribution in [3.63, 3.8) is 0 Å². The summed E-state index contributed by atoms with van der Waals surface area (Å²) in [5.41, 5.74) is 6.65. The molecule has 0 radical (unpaired) electrons. The van der Waals surface area contributed by atoms with E-state index in [0.29, 0.717) is 18.0 Å². The first-order chi connectivity index (χ1) is 10.5. The maximum atomic E-state index is 13.1. The van der Waals surface area contributed by atoms with E-state index in [1.54, 1.807) is 6.07 Å². The molecule has 0 aromatic heterocycles. The Morgan fingerprint density at radius 1 is 1.59 bits per heavy atom. The maximum absolute atomic E-state index is 13.1. The Bertz CT molecular complexity index is 526. The van der Waals surface area contributed by atoms with Crippen LogP contribution in [0, 0.1) is 5.82 Å². The molecular formula is C16H23ClFN3O. The number of carbonyl (C=O) groups is 1.